The third-order valence-electron chi connectivity index (χ3n) is 3.40. The Morgan fingerprint density at radius 1 is 1.14 bits per heavy atom. The van der Waals surface area contributed by atoms with E-state index in [2.05, 4.69) is 31.2 Å². The Balaban J connectivity index is 2.16. The fourth-order valence-corrected chi connectivity index (χ4v) is 2.46. The number of aliphatic hydroxyl groups is 1. The molecule has 14 heavy (non-hydrogen) atoms. The molecule has 0 radical (unpaired) electrons. The van der Waals surface area contributed by atoms with Crippen LogP contribution in [0.15, 0.2) is 30.3 Å². The predicted molar refractivity (Wildman–Crippen MR) is 58.2 cm³/mol. The van der Waals surface area contributed by atoms with Crippen LogP contribution >= 0.6 is 0 Å². The van der Waals surface area contributed by atoms with Crippen LogP contribution in [0.1, 0.15) is 37.7 Å². The maximum atomic E-state index is 9.66. The van der Waals surface area contributed by atoms with Crippen molar-refractivity contribution in [3.05, 3.63) is 35.9 Å². The molecule has 0 bridgehead atoms. The van der Waals surface area contributed by atoms with Crippen LogP contribution in [-0.2, 0) is 0 Å². The average Bonchev–Trinajstić information content (AvgIpc) is 2.23. The van der Waals surface area contributed by atoms with Crippen molar-refractivity contribution in [3.8, 4) is 0 Å². The third-order valence-corrected chi connectivity index (χ3v) is 3.40. The lowest BCUT2D eigenvalue weighted by Gasteiger charge is -2.32. The quantitative estimate of drug-likeness (QED) is 0.722. The van der Waals surface area contributed by atoms with Gasteiger partial charge in [0.1, 0.15) is 0 Å². The van der Waals surface area contributed by atoms with Crippen LogP contribution in [0, 0.1) is 5.92 Å². The van der Waals surface area contributed by atoms with Gasteiger partial charge in [-0.05, 0) is 36.7 Å². The zero-order valence-electron chi connectivity index (χ0n) is 8.69. The minimum Gasteiger partial charge on any atom is -0.393 e. The molecule has 0 aromatic heterocycles. The smallest absolute Gasteiger partial charge is 0.0546 e. The molecule has 1 nitrogen and oxygen atoms in total. The molecule has 1 N–H and O–H groups in total. The summed E-state index contributed by atoms with van der Waals surface area (Å²) in [6.45, 7) is 2.30. The fourth-order valence-electron chi connectivity index (χ4n) is 2.46. The number of hydrogen-bond donors (Lipinski definition) is 1. The fraction of sp³-hybridized carbons (Fsp3) is 0.538. The molecule has 1 fully saturated rings. The van der Waals surface area contributed by atoms with Gasteiger partial charge < -0.3 is 5.11 Å². The first-order valence-corrected chi connectivity index (χ1v) is 5.50. The van der Waals surface area contributed by atoms with Gasteiger partial charge in [0.2, 0.25) is 0 Å². The molecule has 1 unspecified atom stereocenters. The van der Waals surface area contributed by atoms with Gasteiger partial charge in [0.25, 0.3) is 0 Å². The molecule has 0 spiro atoms. The third kappa shape index (κ3) is 1.98. The van der Waals surface area contributed by atoms with Crippen molar-refractivity contribution in [2.75, 3.05) is 0 Å². The Morgan fingerprint density at radius 2 is 1.86 bits per heavy atom. The van der Waals surface area contributed by atoms with E-state index in [1.54, 1.807) is 0 Å². The number of aliphatic hydroxyl groups excluding tert-OH is 1. The highest BCUT2D eigenvalue weighted by molar-refractivity contribution is 5.20. The van der Waals surface area contributed by atoms with Crippen molar-refractivity contribution in [1.29, 1.82) is 0 Å². The highest BCUT2D eigenvalue weighted by atomic mass is 16.3. The van der Waals surface area contributed by atoms with E-state index >= 15 is 0 Å². The van der Waals surface area contributed by atoms with Crippen molar-refractivity contribution in [1.82, 2.24) is 0 Å². The molecule has 1 aliphatic rings. The highest BCUT2D eigenvalue weighted by Gasteiger charge is 2.27. The Kier molecular flexibility index (Phi) is 2.87. The minimum absolute atomic E-state index is 0.0867. The Morgan fingerprint density at radius 3 is 2.57 bits per heavy atom. The molecule has 0 heterocycles. The summed E-state index contributed by atoms with van der Waals surface area (Å²) < 4.78 is 0. The molecular formula is C13H18O. The summed E-state index contributed by atoms with van der Waals surface area (Å²) in [7, 11) is 0. The van der Waals surface area contributed by atoms with Gasteiger partial charge in [0.05, 0.1) is 6.10 Å². The summed E-state index contributed by atoms with van der Waals surface area (Å²) in [4.78, 5) is 0. The van der Waals surface area contributed by atoms with Gasteiger partial charge in [-0.15, -0.1) is 0 Å². The Hall–Kier alpha value is -0.820. The first-order valence-electron chi connectivity index (χ1n) is 5.50. The van der Waals surface area contributed by atoms with Gasteiger partial charge in [-0.3, -0.25) is 0 Å². The van der Waals surface area contributed by atoms with E-state index in [-0.39, 0.29) is 6.10 Å². The first-order chi connectivity index (χ1) is 6.77. The van der Waals surface area contributed by atoms with Crippen LogP contribution in [-0.4, -0.2) is 11.2 Å². The van der Waals surface area contributed by atoms with Crippen LogP contribution < -0.4 is 0 Å². The molecule has 1 aromatic carbocycles. The van der Waals surface area contributed by atoms with Crippen LogP contribution in [0.2, 0.25) is 0 Å². The topological polar surface area (TPSA) is 20.2 Å². The van der Waals surface area contributed by atoms with Crippen molar-refractivity contribution in [2.45, 2.75) is 38.2 Å². The van der Waals surface area contributed by atoms with Gasteiger partial charge in [-0.25, -0.2) is 0 Å². The standard InChI is InChI=1S/C13H18O/c1-10-7-8-12(14)9-13(10)11-5-3-2-4-6-11/h2-6,10,12-14H,7-9H2,1H3/t10-,12-,13?/m0/s1. The molecule has 1 saturated carbocycles. The van der Waals surface area contributed by atoms with Crippen molar-refractivity contribution in [2.24, 2.45) is 5.92 Å². The summed E-state index contributed by atoms with van der Waals surface area (Å²) in [6, 6.07) is 10.6. The first kappa shape index (κ1) is 9.72. The van der Waals surface area contributed by atoms with E-state index < -0.39 is 0 Å². The van der Waals surface area contributed by atoms with Crippen LogP contribution in [0.3, 0.4) is 0 Å². The summed E-state index contributed by atoms with van der Waals surface area (Å²) in [5.74, 6) is 1.26. The van der Waals surface area contributed by atoms with E-state index in [0.717, 1.165) is 19.3 Å². The molecule has 2 rings (SSSR count). The summed E-state index contributed by atoms with van der Waals surface area (Å²) in [6.07, 6.45) is 2.98. The lowest BCUT2D eigenvalue weighted by molar-refractivity contribution is 0.0982. The SMILES string of the molecule is C[C@H]1CC[C@H](O)CC1c1ccccc1. The monoisotopic (exact) mass is 190 g/mol. The lowest BCUT2D eigenvalue weighted by Crippen LogP contribution is -2.24. The normalized spacial score (nSPS) is 32.9. The molecule has 1 aromatic rings. The number of rotatable bonds is 1. The second-order valence-corrected chi connectivity index (χ2v) is 4.46. The lowest BCUT2D eigenvalue weighted by atomic mass is 9.75. The van der Waals surface area contributed by atoms with Gasteiger partial charge in [-0.1, -0.05) is 37.3 Å². The van der Waals surface area contributed by atoms with E-state index in [1.807, 2.05) is 6.07 Å². The number of benzene rings is 1. The summed E-state index contributed by atoms with van der Waals surface area (Å²) >= 11 is 0. The van der Waals surface area contributed by atoms with Gasteiger partial charge >= 0.3 is 0 Å². The molecule has 1 aliphatic carbocycles. The van der Waals surface area contributed by atoms with Gasteiger partial charge in [0.15, 0.2) is 0 Å². The van der Waals surface area contributed by atoms with Crippen molar-refractivity contribution in [3.63, 3.8) is 0 Å². The molecule has 0 aliphatic heterocycles. The molecule has 76 valence electrons. The van der Waals surface area contributed by atoms with Crippen molar-refractivity contribution >= 4 is 0 Å². The maximum absolute atomic E-state index is 9.66. The molecule has 0 saturated heterocycles. The van der Waals surface area contributed by atoms with E-state index in [9.17, 15) is 5.11 Å². The second-order valence-electron chi connectivity index (χ2n) is 4.46. The Bertz CT molecular complexity index is 281. The minimum atomic E-state index is -0.0867. The van der Waals surface area contributed by atoms with Crippen LogP contribution in [0.5, 0.6) is 0 Å². The van der Waals surface area contributed by atoms with E-state index in [1.165, 1.54) is 5.56 Å². The summed E-state index contributed by atoms with van der Waals surface area (Å²) in [5.41, 5.74) is 1.39. The van der Waals surface area contributed by atoms with Crippen LogP contribution in [0.4, 0.5) is 0 Å². The second kappa shape index (κ2) is 4.14. The van der Waals surface area contributed by atoms with Gasteiger partial charge in [-0.2, -0.15) is 0 Å². The highest BCUT2D eigenvalue weighted by Crippen LogP contribution is 2.37. The predicted octanol–water partition coefficient (Wildman–Crippen LogP) is 2.95. The Labute approximate surface area is 85.8 Å². The van der Waals surface area contributed by atoms with E-state index in [4.69, 9.17) is 0 Å². The van der Waals surface area contributed by atoms with E-state index in [0.29, 0.717) is 11.8 Å². The molecule has 1 heteroatoms. The zero-order chi connectivity index (χ0) is 9.97. The van der Waals surface area contributed by atoms with Gasteiger partial charge in [0, 0.05) is 0 Å². The molecule has 0 amide bonds. The largest absolute Gasteiger partial charge is 0.393 e. The zero-order valence-corrected chi connectivity index (χ0v) is 8.69. The molecular weight excluding hydrogens is 172 g/mol. The molecule has 3 atom stereocenters. The van der Waals surface area contributed by atoms with Crippen molar-refractivity contribution < 1.29 is 5.11 Å². The maximum Gasteiger partial charge on any atom is 0.0546 e. The summed E-state index contributed by atoms with van der Waals surface area (Å²) in [5, 5.41) is 9.66. The van der Waals surface area contributed by atoms with Crippen LogP contribution in [0.25, 0.3) is 0 Å². The average molecular weight is 190 g/mol. The number of hydrogen-bond acceptors (Lipinski definition) is 1.